The van der Waals surface area contributed by atoms with Gasteiger partial charge in [-0.25, -0.2) is 0 Å². The molecule has 0 radical (unpaired) electrons. The molecule has 0 aliphatic heterocycles. The third-order valence-corrected chi connectivity index (χ3v) is 3.73. The van der Waals surface area contributed by atoms with Crippen LogP contribution in [0.1, 0.15) is 30.1 Å². The van der Waals surface area contributed by atoms with Gasteiger partial charge in [-0.1, -0.05) is 40.2 Å². The lowest BCUT2D eigenvalue weighted by Gasteiger charge is -2.11. The zero-order valence-electron chi connectivity index (χ0n) is 12.8. The third kappa shape index (κ3) is 5.21. The summed E-state index contributed by atoms with van der Waals surface area (Å²) < 4.78 is 6.37. The number of carbonyl (C=O) groups excluding carboxylic acids is 2. The molecule has 2 rings (SSSR count). The number of amides is 1. The lowest BCUT2D eigenvalue weighted by Crippen LogP contribution is -2.14. The van der Waals surface area contributed by atoms with E-state index in [4.69, 9.17) is 4.74 Å². The van der Waals surface area contributed by atoms with Crippen LogP contribution in [-0.4, -0.2) is 18.3 Å². The van der Waals surface area contributed by atoms with Crippen LogP contribution in [0.4, 0.5) is 5.69 Å². The first-order valence-electron chi connectivity index (χ1n) is 7.40. The van der Waals surface area contributed by atoms with Crippen LogP contribution in [0, 0.1) is 0 Å². The van der Waals surface area contributed by atoms with Gasteiger partial charge in [0.1, 0.15) is 5.75 Å². The van der Waals surface area contributed by atoms with Gasteiger partial charge in [0.15, 0.2) is 5.78 Å². The van der Waals surface area contributed by atoms with Crippen molar-refractivity contribution in [2.24, 2.45) is 0 Å². The SMILES string of the molecule is CCOc1ccccc1NC(=O)CCC(=O)c1ccc(Br)cc1. The number of benzene rings is 2. The van der Waals surface area contributed by atoms with E-state index in [9.17, 15) is 9.59 Å². The monoisotopic (exact) mass is 375 g/mol. The Morgan fingerprint density at radius 2 is 1.74 bits per heavy atom. The van der Waals surface area contributed by atoms with Crippen molar-refractivity contribution in [2.75, 3.05) is 11.9 Å². The van der Waals surface area contributed by atoms with Crippen molar-refractivity contribution in [3.63, 3.8) is 0 Å². The Balaban J connectivity index is 1.90. The molecule has 0 bridgehead atoms. The number of rotatable bonds is 7. The van der Waals surface area contributed by atoms with Gasteiger partial charge in [0.25, 0.3) is 0 Å². The van der Waals surface area contributed by atoms with E-state index in [0.29, 0.717) is 23.6 Å². The standard InChI is InChI=1S/C18H18BrNO3/c1-2-23-17-6-4-3-5-15(17)20-18(22)12-11-16(21)13-7-9-14(19)10-8-13/h3-10H,2,11-12H2,1H3,(H,20,22). The molecule has 1 amide bonds. The number of hydrogen-bond acceptors (Lipinski definition) is 3. The van der Waals surface area contributed by atoms with Crippen molar-refractivity contribution >= 4 is 33.3 Å². The number of halogens is 1. The lowest BCUT2D eigenvalue weighted by atomic mass is 10.1. The molecule has 23 heavy (non-hydrogen) atoms. The van der Waals surface area contributed by atoms with Crippen molar-refractivity contribution < 1.29 is 14.3 Å². The van der Waals surface area contributed by atoms with Gasteiger partial charge in [-0.15, -0.1) is 0 Å². The maximum atomic E-state index is 12.1. The first kappa shape index (κ1) is 17.2. The molecule has 0 spiro atoms. The average Bonchev–Trinajstić information content (AvgIpc) is 2.55. The van der Waals surface area contributed by atoms with Gasteiger partial charge >= 0.3 is 0 Å². The van der Waals surface area contributed by atoms with Gasteiger partial charge in [-0.05, 0) is 31.2 Å². The molecule has 1 N–H and O–H groups in total. The van der Waals surface area contributed by atoms with E-state index in [-0.39, 0.29) is 24.5 Å². The minimum atomic E-state index is -0.206. The quantitative estimate of drug-likeness (QED) is 0.727. The van der Waals surface area contributed by atoms with Crippen LogP contribution in [-0.2, 0) is 4.79 Å². The molecule has 120 valence electrons. The van der Waals surface area contributed by atoms with Crippen LogP contribution in [0.15, 0.2) is 53.0 Å². The molecule has 2 aromatic carbocycles. The summed E-state index contributed by atoms with van der Waals surface area (Å²) in [7, 11) is 0. The van der Waals surface area contributed by atoms with Gasteiger partial charge in [-0.3, -0.25) is 9.59 Å². The van der Waals surface area contributed by atoms with Crippen molar-refractivity contribution in [1.82, 2.24) is 0 Å². The molecule has 0 unspecified atom stereocenters. The second-order valence-corrected chi connectivity index (χ2v) is 5.82. The lowest BCUT2D eigenvalue weighted by molar-refractivity contribution is -0.116. The van der Waals surface area contributed by atoms with Gasteiger partial charge in [0, 0.05) is 22.9 Å². The van der Waals surface area contributed by atoms with E-state index in [1.54, 1.807) is 24.3 Å². The molecule has 0 saturated heterocycles. The molecule has 0 atom stereocenters. The molecule has 0 fully saturated rings. The fourth-order valence-electron chi connectivity index (χ4n) is 2.07. The average molecular weight is 376 g/mol. The largest absolute Gasteiger partial charge is 0.492 e. The zero-order chi connectivity index (χ0) is 16.7. The molecule has 4 nitrogen and oxygen atoms in total. The van der Waals surface area contributed by atoms with Crippen molar-refractivity contribution in [3.8, 4) is 5.75 Å². The maximum Gasteiger partial charge on any atom is 0.224 e. The second kappa shape index (κ2) is 8.48. The molecule has 2 aromatic rings. The maximum absolute atomic E-state index is 12.1. The molecule has 0 saturated carbocycles. The highest BCUT2D eigenvalue weighted by Gasteiger charge is 2.11. The summed E-state index contributed by atoms with van der Waals surface area (Å²) >= 11 is 3.33. The van der Waals surface area contributed by atoms with E-state index in [1.165, 1.54) is 0 Å². The number of carbonyl (C=O) groups is 2. The number of Topliss-reactive ketones (excluding diaryl/α,β-unsaturated/α-hetero) is 1. The predicted molar refractivity (Wildman–Crippen MR) is 93.9 cm³/mol. The Morgan fingerprint density at radius 1 is 1.04 bits per heavy atom. The number of ether oxygens (including phenoxy) is 1. The normalized spacial score (nSPS) is 10.2. The molecule has 0 aromatic heterocycles. The highest BCUT2D eigenvalue weighted by molar-refractivity contribution is 9.10. The van der Waals surface area contributed by atoms with Gasteiger partial charge < -0.3 is 10.1 Å². The number of nitrogens with one attached hydrogen (secondary N) is 1. The van der Waals surface area contributed by atoms with Gasteiger partial charge in [0.2, 0.25) is 5.91 Å². The summed E-state index contributed by atoms with van der Waals surface area (Å²) in [6.45, 7) is 2.41. The predicted octanol–water partition coefficient (Wildman–Crippen LogP) is 4.45. The van der Waals surface area contributed by atoms with Gasteiger partial charge in [-0.2, -0.15) is 0 Å². The number of anilines is 1. The number of hydrogen-bond donors (Lipinski definition) is 1. The Hall–Kier alpha value is -2.14. The molecule has 5 heteroatoms. The van der Waals surface area contributed by atoms with Crippen molar-refractivity contribution in [2.45, 2.75) is 19.8 Å². The Kier molecular flexibility index (Phi) is 6.35. The zero-order valence-corrected chi connectivity index (χ0v) is 14.4. The second-order valence-electron chi connectivity index (χ2n) is 4.91. The summed E-state index contributed by atoms with van der Waals surface area (Å²) in [4.78, 5) is 24.1. The van der Waals surface area contributed by atoms with Gasteiger partial charge in [0.05, 0.1) is 12.3 Å². The van der Waals surface area contributed by atoms with Crippen molar-refractivity contribution in [1.29, 1.82) is 0 Å². The van der Waals surface area contributed by atoms with Crippen LogP contribution in [0.25, 0.3) is 0 Å². The first-order valence-corrected chi connectivity index (χ1v) is 8.20. The van der Waals surface area contributed by atoms with Crippen LogP contribution < -0.4 is 10.1 Å². The van der Waals surface area contributed by atoms with E-state index >= 15 is 0 Å². The topological polar surface area (TPSA) is 55.4 Å². The highest BCUT2D eigenvalue weighted by atomic mass is 79.9. The number of ketones is 1. The summed E-state index contributed by atoms with van der Waals surface area (Å²) in [6, 6.07) is 14.4. The van der Waals surface area contributed by atoms with Crippen LogP contribution in [0.5, 0.6) is 5.75 Å². The molecule has 0 heterocycles. The fourth-order valence-corrected chi connectivity index (χ4v) is 2.34. The molecular formula is C18H18BrNO3. The van der Waals surface area contributed by atoms with Crippen molar-refractivity contribution in [3.05, 3.63) is 58.6 Å². The minimum absolute atomic E-state index is 0.0502. The van der Waals surface area contributed by atoms with Crippen LogP contribution in [0.2, 0.25) is 0 Å². The third-order valence-electron chi connectivity index (χ3n) is 3.21. The summed E-state index contributed by atoms with van der Waals surface area (Å²) in [5.74, 6) is 0.371. The Labute approximate surface area is 144 Å². The highest BCUT2D eigenvalue weighted by Crippen LogP contribution is 2.24. The summed E-state index contributed by atoms with van der Waals surface area (Å²) in [5.41, 5.74) is 1.23. The molecular weight excluding hydrogens is 358 g/mol. The first-order chi connectivity index (χ1) is 11.1. The Morgan fingerprint density at radius 3 is 2.43 bits per heavy atom. The van der Waals surface area contributed by atoms with Crippen LogP contribution in [0.3, 0.4) is 0 Å². The van der Waals surface area contributed by atoms with E-state index in [2.05, 4.69) is 21.2 Å². The van der Waals surface area contributed by atoms with E-state index in [1.807, 2.05) is 31.2 Å². The van der Waals surface area contributed by atoms with Crippen LogP contribution >= 0.6 is 15.9 Å². The smallest absolute Gasteiger partial charge is 0.224 e. The minimum Gasteiger partial charge on any atom is -0.492 e. The van der Waals surface area contributed by atoms with E-state index in [0.717, 1.165) is 4.47 Å². The summed E-state index contributed by atoms with van der Waals surface area (Å²) in [5, 5.41) is 2.79. The Bertz CT molecular complexity index is 683. The fraction of sp³-hybridized carbons (Fsp3) is 0.222. The van der Waals surface area contributed by atoms with E-state index < -0.39 is 0 Å². The molecule has 0 aliphatic carbocycles. The molecule has 0 aliphatic rings. The summed E-state index contributed by atoms with van der Waals surface area (Å²) in [6.07, 6.45) is 0.305. The number of para-hydroxylation sites is 2.